The molecule has 13 rings (SSSR count). The normalized spacial score (nSPS) is 14.2. The van der Waals surface area contributed by atoms with Crippen molar-refractivity contribution in [2.24, 2.45) is 0 Å². The minimum absolute atomic E-state index is 0.153. The van der Waals surface area contributed by atoms with Crippen molar-refractivity contribution in [3.63, 3.8) is 0 Å². The zero-order chi connectivity index (χ0) is 39.9. The van der Waals surface area contributed by atoms with Crippen LogP contribution in [0, 0.1) is 0 Å². The highest BCUT2D eigenvalue weighted by Gasteiger charge is 2.49. The number of rotatable bonds is 6. The first kappa shape index (κ1) is 34.1. The maximum absolute atomic E-state index is 7.37. The highest BCUT2D eigenvalue weighted by atomic mass is 16.3. The van der Waals surface area contributed by atoms with E-state index in [9.17, 15) is 0 Å². The Morgan fingerprint density at radius 2 is 1.35 bits per heavy atom. The number of fused-ring (bicyclic) bond motifs is 16. The van der Waals surface area contributed by atoms with Gasteiger partial charge in [-0.1, -0.05) is 149 Å². The number of furan rings is 1. The summed E-state index contributed by atoms with van der Waals surface area (Å²) in [5, 5.41) is 6.29. The predicted molar refractivity (Wildman–Crippen MR) is 253 cm³/mol. The Kier molecular flexibility index (Phi) is 7.04. The Labute approximate surface area is 350 Å². The fourth-order valence-corrected chi connectivity index (χ4v) is 11.4. The molecule has 8 aromatic carbocycles. The van der Waals surface area contributed by atoms with E-state index in [2.05, 4.69) is 188 Å². The maximum Gasteiger partial charge on any atom is 0.375 e. The molecular formula is C56H43BN2O. The lowest BCUT2D eigenvalue weighted by Crippen LogP contribution is -2.60. The monoisotopic (exact) mass is 770 g/mol. The van der Waals surface area contributed by atoms with Gasteiger partial charge in [0.25, 0.3) is 0 Å². The summed E-state index contributed by atoms with van der Waals surface area (Å²) in [6.07, 6.45) is 4.78. The number of benzene rings is 8. The number of aryl methyl sites for hydroxylation is 1. The molecule has 0 amide bonds. The van der Waals surface area contributed by atoms with Gasteiger partial charge in [0.15, 0.2) is 0 Å². The van der Waals surface area contributed by atoms with Crippen LogP contribution in [-0.4, -0.2) is 11.4 Å². The fraction of sp³-hybridized carbons (Fsp3) is 0.143. The van der Waals surface area contributed by atoms with Crippen LogP contribution in [0.15, 0.2) is 162 Å². The van der Waals surface area contributed by atoms with E-state index in [-0.39, 0.29) is 12.3 Å². The molecule has 4 heterocycles. The van der Waals surface area contributed by atoms with Crippen molar-refractivity contribution in [3.8, 4) is 39.1 Å². The van der Waals surface area contributed by atoms with Gasteiger partial charge in [-0.25, -0.2) is 0 Å². The molecule has 0 saturated heterocycles. The Morgan fingerprint density at radius 1 is 0.600 bits per heavy atom. The molecule has 60 heavy (non-hydrogen) atoms. The lowest BCUT2D eigenvalue weighted by Gasteiger charge is -2.41. The van der Waals surface area contributed by atoms with Crippen LogP contribution in [0.3, 0.4) is 0 Å². The zero-order valence-corrected chi connectivity index (χ0v) is 34.2. The third-order valence-electron chi connectivity index (χ3n) is 14.2. The van der Waals surface area contributed by atoms with Gasteiger partial charge in [-0.15, -0.1) is 0 Å². The van der Waals surface area contributed by atoms with Crippen molar-refractivity contribution in [3.05, 3.63) is 174 Å². The summed E-state index contributed by atoms with van der Waals surface area (Å²) in [4.78, 5) is 2.64. The summed E-state index contributed by atoms with van der Waals surface area (Å²) in [7, 11) is 0. The van der Waals surface area contributed by atoms with Crippen LogP contribution in [-0.2, 0) is 11.8 Å². The van der Waals surface area contributed by atoms with Crippen LogP contribution < -0.4 is 15.9 Å². The second-order valence-corrected chi connectivity index (χ2v) is 17.8. The van der Waals surface area contributed by atoms with E-state index in [0.29, 0.717) is 0 Å². The molecule has 10 aromatic rings. The molecule has 0 radical (unpaired) electrons. The molecule has 3 aliphatic rings. The van der Waals surface area contributed by atoms with Crippen LogP contribution in [0.25, 0.3) is 82.6 Å². The summed E-state index contributed by atoms with van der Waals surface area (Å²) in [5.41, 5.74) is 20.9. The minimum atomic E-state index is -0.213. The number of nitrogens with zero attached hydrogens (tertiary/aromatic N) is 2. The molecular weight excluding hydrogens is 727 g/mol. The van der Waals surface area contributed by atoms with Gasteiger partial charge in [-0.2, -0.15) is 0 Å². The third kappa shape index (κ3) is 4.46. The van der Waals surface area contributed by atoms with Gasteiger partial charge in [0.2, 0.25) is 0 Å². The molecule has 1 aliphatic carbocycles. The average Bonchev–Trinajstić information content (AvgIpc) is 3.91. The Balaban J connectivity index is 1.20. The van der Waals surface area contributed by atoms with E-state index < -0.39 is 0 Å². The third-order valence-corrected chi connectivity index (χ3v) is 14.2. The molecule has 0 saturated carbocycles. The molecule has 0 bridgehead atoms. The van der Waals surface area contributed by atoms with Gasteiger partial charge in [-0.3, -0.25) is 0 Å². The smallest absolute Gasteiger partial charge is 0.375 e. The standard InChI is InChI=1S/C56H43BN2O/c1-4-5-7-16-34-25-28-37(29-26-34)59-48-33-46-42(38-19-12-14-23-45(38)56(46,2)3)32-43(48)50-39-20-10-11-21-40(39)51-41-22-13-15-24-47(41)58-53-44-31-36(35-17-8-6-9-18-35)27-30-49(44)60-55(53)57(59)52(50)54(51)58/h6,8-15,17-33H,4-5,7,16H2,1-3H3. The molecule has 0 unspecified atom stereocenters. The largest absolute Gasteiger partial charge is 0.466 e. The van der Waals surface area contributed by atoms with E-state index in [1.807, 2.05) is 0 Å². The first-order valence-corrected chi connectivity index (χ1v) is 21.8. The van der Waals surface area contributed by atoms with Crippen molar-refractivity contribution in [1.82, 2.24) is 4.57 Å². The summed E-state index contributed by atoms with van der Waals surface area (Å²) in [5.74, 6) is 0. The van der Waals surface area contributed by atoms with Gasteiger partial charge in [0.1, 0.15) is 11.2 Å². The molecule has 0 fully saturated rings. The number of para-hydroxylation sites is 1. The quantitative estimate of drug-likeness (QED) is 0.124. The van der Waals surface area contributed by atoms with E-state index in [0.717, 1.165) is 28.7 Å². The van der Waals surface area contributed by atoms with E-state index in [4.69, 9.17) is 4.42 Å². The van der Waals surface area contributed by atoms with Crippen molar-refractivity contribution >= 4 is 72.9 Å². The fourth-order valence-electron chi connectivity index (χ4n) is 11.4. The highest BCUT2D eigenvalue weighted by molar-refractivity contribution is 6.93. The zero-order valence-electron chi connectivity index (χ0n) is 34.2. The first-order chi connectivity index (χ1) is 29.5. The minimum Gasteiger partial charge on any atom is -0.466 e. The number of hydrogen-bond donors (Lipinski definition) is 0. The average molecular weight is 771 g/mol. The lowest BCUT2D eigenvalue weighted by atomic mass is 9.46. The van der Waals surface area contributed by atoms with E-state index in [1.165, 1.54) is 119 Å². The highest BCUT2D eigenvalue weighted by Crippen LogP contribution is 2.56. The summed E-state index contributed by atoms with van der Waals surface area (Å²) in [6.45, 7) is 6.87. The molecule has 2 aromatic heterocycles. The van der Waals surface area contributed by atoms with Gasteiger partial charge in [0.05, 0.1) is 16.7 Å². The number of unbranched alkanes of at least 4 members (excludes halogenated alkanes) is 2. The molecule has 286 valence electrons. The van der Waals surface area contributed by atoms with Crippen LogP contribution in [0.4, 0.5) is 11.4 Å². The Morgan fingerprint density at radius 3 is 2.18 bits per heavy atom. The van der Waals surface area contributed by atoms with Crippen LogP contribution in [0.2, 0.25) is 0 Å². The number of hydrogen-bond acceptors (Lipinski definition) is 2. The molecule has 3 nitrogen and oxygen atoms in total. The molecule has 0 atom stereocenters. The molecule has 0 spiro atoms. The van der Waals surface area contributed by atoms with Crippen molar-refractivity contribution in [1.29, 1.82) is 0 Å². The molecule has 4 heteroatoms. The first-order valence-electron chi connectivity index (χ1n) is 21.8. The second-order valence-electron chi connectivity index (χ2n) is 17.8. The van der Waals surface area contributed by atoms with Crippen molar-refractivity contribution in [2.75, 3.05) is 4.81 Å². The van der Waals surface area contributed by atoms with Crippen LogP contribution >= 0.6 is 0 Å². The van der Waals surface area contributed by atoms with Gasteiger partial charge < -0.3 is 13.8 Å². The van der Waals surface area contributed by atoms with E-state index in [1.54, 1.807) is 0 Å². The lowest BCUT2D eigenvalue weighted by molar-refractivity contribution is 0.648. The SMILES string of the molecule is CCCCCc1ccc(N2B3c4oc5ccc(-c6ccccc6)cc5c4-n4c5ccccc5c5c6ccccc6c(c3c54)-c3cc4c(cc32)C(C)(C)c2ccccc2-4)cc1. The van der Waals surface area contributed by atoms with Gasteiger partial charge >= 0.3 is 6.85 Å². The van der Waals surface area contributed by atoms with Crippen molar-refractivity contribution < 1.29 is 4.42 Å². The topological polar surface area (TPSA) is 21.3 Å². The van der Waals surface area contributed by atoms with Crippen LogP contribution in [0.1, 0.15) is 56.7 Å². The summed E-state index contributed by atoms with van der Waals surface area (Å²) < 4.78 is 9.93. The maximum atomic E-state index is 7.37. The second kappa shape index (κ2) is 12.4. The van der Waals surface area contributed by atoms with Gasteiger partial charge in [-0.05, 0) is 116 Å². The Bertz CT molecular complexity index is 3420. The van der Waals surface area contributed by atoms with Gasteiger partial charge in [0, 0.05) is 38.5 Å². The van der Waals surface area contributed by atoms with E-state index >= 15 is 0 Å². The molecule has 2 aliphatic heterocycles. The number of aromatic nitrogens is 1. The Hall–Kier alpha value is -6.78. The summed E-state index contributed by atoms with van der Waals surface area (Å²) in [6, 6.07) is 59.3. The predicted octanol–water partition coefficient (Wildman–Crippen LogP) is 13.6. The summed E-state index contributed by atoms with van der Waals surface area (Å²) >= 11 is 0. The molecule has 0 N–H and O–H groups in total. The van der Waals surface area contributed by atoms with Crippen molar-refractivity contribution in [2.45, 2.75) is 51.9 Å². The van der Waals surface area contributed by atoms with Crippen LogP contribution in [0.5, 0.6) is 0 Å². The number of anilines is 2.